The molecular weight excluding hydrogens is 385 g/mol. The Morgan fingerprint density at radius 3 is 2.67 bits per heavy atom. The first kappa shape index (κ1) is 19.9. The second kappa shape index (κ2) is 8.05. The van der Waals surface area contributed by atoms with Crippen molar-refractivity contribution in [3.63, 3.8) is 0 Å². The lowest BCUT2D eigenvalue weighted by Gasteiger charge is -2.34. The van der Waals surface area contributed by atoms with Gasteiger partial charge in [-0.1, -0.05) is 29.3 Å². The molecule has 144 valence electrons. The number of aromatic nitrogens is 1. The van der Waals surface area contributed by atoms with Gasteiger partial charge in [-0.25, -0.2) is 0 Å². The number of rotatable bonds is 6. The third-order valence-corrected chi connectivity index (χ3v) is 5.83. The zero-order chi connectivity index (χ0) is 19.6. The molecule has 1 aliphatic heterocycles. The minimum Gasteiger partial charge on any atom is -0.342 e. The fourth-order valence-electron chi connectivity index (χ4n) is 3.76. The number of nitrogens with zero attached hydrogens (tertiary/aromatic N) is 1. The predicted octanol–water partition coefficient (Wildman–Crippen LogP) is 3.98. The van der Waals surface area contributed by atoms with E-state index in [1.807, 2.05) is 19.1 Å². The van der Waals surface area contributed by atoms with Crippen LogP contribution in [0.25, 0.3) is 0 Å². The Labute approximate surface area is 168 Å². The van der Waals surface area contributed by atoms with Crippen molar-refractivity contribution in [1.29, 1.82) is 0 Å². The number of hydrogen-bond acceptors (Lipinski definition) is 3. The number of nitrogens with one attached hydrogen (secondary N) is 1. The molecule has 0 spiro atoms. The number of H-pyrrole nitrogens is 1. The van der Waals surface area contributed by atoms with Crippen molar-refractivity contribution in [3.05, 3.63) is 57.3 Å². The van der Waals surface area contributed by atoms with Crippen molar-refractivity contribution < 1.29 is 9.59 Å². The van der Waals surface area contributed by atoms with Gasteiger partial charge in [0.1, 0.15) is 10.8 Å². The molecule has 7 heteroatoms. The van der Waals surface area contributed by atoms with Gasteiger partial charge in [-0.15, -0.1) is 0 Å². The first-order valence-electron chi connectivity index (χ1n) is 9.02. The molecule has 1 aromatic heterocycles. The van der Waals surface area contributed by atoms with Crippen molar-refractivity contribution in [2.24, 2.45) is 5.73 Å². The molecule has 1 saturated heterocycles. The van der Waals surface area contributed by atoms with Crippen LogP contribution in [0.5, 0.6) is 0 Å². The fraction of sp³-hybridized carbons (Fsp3) is 0.400. The average Bonchev–Trinajstić information content (AvgIpc) is 3.26. The van der Waals surface area contributed by atoms with E-state index in [2.05, 4.69) is 4.98 Å². The Morgan fingerprint density at radius 1 is 1.22 bits per heavy atom. The molecule has 2 aromatic rings. The number of likely N-dealkylation sites (tertiary alicyclic amines) is 1. The smallest absolute Gasteiger partial charge is 0.271 e. The Bertz CT molecular complexity index is 865. The highest BCUT2D eigenvalue weighted by atomic mass is 35.5. The summed E-state index contributed by atoms with van der Waals surface area (Å²) in [4.78, 5) is 30.4. The zero-order valence-electron chi connectivity index (χ0n) is 15.2. The van der Waals surface area contributed by atoms with Crippen molar-refractivity contribution in [2.75, 3.05) is 6.54 Å². The Hall–Kier alpha value is -1.82. The molecular formula is C20H23Cl2N3O2. The highest BCUT2D eigenvalue weighted by Crippen LogP contribution is 2.33. The third kappa shape index (κ3) is 4.05. The number of ketones is 1. The minimum absolute atomic E-state index is 0.0500. The lowest BCUT2D eigenvalue weighted by Crippen LogP contribution is -2.51. The van der Waals surface area contributed by atoms with Crippen LogP contribution in [0.1, 0.15) is 47.8 Å². The van der Waals surface area contributed by atoms with E-state index in [-0.39, 0.29) is 11.7 Å². The Morgan fingerprint density at radius 2 is 2.00 bits per heavy atom. The summed E-state index contributed by atoms with van der Waals surface area (Å²) in [5, 5.41) is 1.03. The second-order valence-corrected chi connectivity index (χ2v) is 7.94. The van der Waals surface area contributed by atoms with E-state index in [4.69, 9.17) is 28.9 Å². The van der Waals surface area contributed by atoms with E-state index in [0.717, 1.165) is 17.5 Å². The first-order chi connectivity index (χ1) is 12.8. The molecule has 1 atom stereocenters. The normalized spacial score (nSPS) is 19.5. The molecule has 2 heterocycles. The van der Waals surface area contributed by atoms with Crippen LogP contribution < -0.4 is 5.73 Å². The van der Waals surface area contributed by atoms with Crippen molar-refractivity contribution in [2.45, 2.75) is 44.7 Å². The van der Waals surface area contributed by atoms with Gasteiger partial charge in [-0.3, -0.25) is 9.59 Å². The summed E-state index contributed by atoms with van der Waals surface area (Å²) in [7, 11) is 0. The van der Waals surface area contributed by atoms with E-state index >= 15 is 0 Å². The van der Waals surface area contributed by atoms with Crippen LogP contribution >= 0.6 is 23.2 Å². The van der Waals surface area contributed by atoms with E-state index in [9.17, 15) is 9.59 Å². The lowest BCUT2D eigenvalue weighted by molar-refractivity contribution is -0.127. The van der Waals surface area contributed by atoms with E-state index in [1.165, 1.54) is 0 Å². The van der Waals surface area contributed by atoms with Gasteiger partial charge in [0.05, 0.1) is 5.54 Å². The van der Waals surface area contributed by atoms with E-state index in [0.29, 0.717) is 48.2 Å². The summed E-state index contributed by atoms with van der Waals surface area (Å²) in [5.74, 6) is -0.144. The Kier molecular flexibility index (Phi) is 5.94. The van der Waals surface area contributed by atoms with Crippen LogP contribution in [0.3, 0.4) is 0 Å². The SMILES string of the molecule is C[C@@]1(C(=O)CCc2cc(Cl)ccc2CN)CCCN1C(=O)c1ccc(Cl)[nH]1. The van der Waals surface area contributed by atoms with Crippen LogP contribution in [-0.2, 0) is 17.8 Å². The van der Waals surface area contributed by atoms with Gasteiger partial charge in [-0.2, -0.15) is 0 Å². The van der Waals surface area contributed by atoms with Gasteiger partial charge in [0.2, 0.25) is 0 Å². The van der Waals surface area contributed by atoms with E-state index in [1.54, 1.807) is 23.1 Å². The zero-order valence-corrected chi connectivity index (χ0v) is 16.7. The number of carbonyl (C=O) groups is 2. The molecule has 0 aliphatic carbocycles. The molecule has 3 N–H and O–H groups in total. The van der Waals surface area contributed by atoms with Crippen molar-refractivity contribution >= 4 is 34.9 Å². The number of hydrogen-bond donors (Lipinski definition) is 2. The molecule has 0 saturated carbocycles. The molecule has 1 fully saturated rings. The van der Waals surface area contributed by atoms with Crippen LogP contribution in [0.2, 0.25) is 10.2 Å². The molecule has 27 heavy (non-hydrogen) atoms. The minimum atomic E-state index is -0.809. The van der Waals surface area contributed by atoms with Gasteiger partial charge in [-0.05, 0) is 61.6 Å². The first-order valence-corrected chi connectivity index (χ1v) is 9.78. The van der Waals surface area contributed by atoms with Gasteiger partial charge in [0.25, 0.3) is 5.91 Å². The third-order valence-electron chi connectivity index (χ3n) is 5.38. The molecule has 5 nitrogen and oxygen atoms in total. The standard InChI is InChI=1S/C20H23Cl2N3O2/c1-20(9-2-10-25(20)19(27)16-6-8-18(22)24-16)17(26)7-4-13-11-15(21)5-3-14(13)12-23/h3,5-6,8,11,24H,2,4,7,9-10,12,23H2,1H3/t20-/m0/s1. The number of benzene rings is 1. The van der Waals surface area contributed by atoms with Crippen LogP contribution in [0.4, 0.5) is 0 Å². The maximum Gasteiger partial charge on any atom is 0.271 e. The monoisotopic (exact) mass is 407 g/mol. The highest BCUT2D eigenvalue weighted by molar-refractivity contribution is 6.30. The number of amides is 1. The van der Waals surface area contributed by atoms with Gasteiger partial charge in [0, 0.05) is 24.5 Å². The number of nitrogens with two attached hydrogens (primary N) is 1. The maximum atomic E-state index is 13.1. The van der Waals surface area contributed by atoms with Gasteiger partial charge < -0.3 is 15.6 Å². The van der Waals surface area contributed by atoms with Crippen LogP contribution in [0, 0.1) is 0 Å². The summed E-state index contributed by atoms with van der Waals surface area (Å²) in [6.45, 7) is 2.81. The molecule has 0 unspecified atom stereocenters. The number of halogens is 2. The van der Waals surface area contributed by atoms with Crippen molar-refractivity contribution in [3.8, 4) is 0 Å². The van der Waals surface area contributed by atoms with Gasteiger partial charge in [0.15, 0.2) is 5.78 Å². The molecule has 1 amide bonds. The summed E-state index contributed by atoms with van der Waals surface area (Å²) in [5.41, 5.74) is 7.35. The molecule has 0 radical (unpaired) electrons. The number of Topliss-reactive ketones (excluding diaryl/α,β-unsaturated/α-hetero) is 1. The summed E-state index contributed by atoms with van der Waals surface area (Å²) < 4.78 is 0. The van der Waals surface area contributed by atoms with Crippen LogP contribution in [0.15, 0.2) is 30.3 Å². The largest absolute Gasteiger partial charge is 0.342 e. The summed E-state index contributed by atoms with van der Waals surface area (Å²) in [6, 6.07) is 8.84. The van der Waals surface area contributed by atoms with Crippen LogP contribution in [-0.4, -0.2) is 33.7 Å². The predicted molar refractivity (Wildman–Crippen MR) is 107 cm³/mol. The topological polar surface area (TPSA) is 79.2 Å². The van der Waals surface area contributed by atoms with Gasteiger partial charge >= 0.3 is 0 Å². The fourth-order valence-corrected chi connectivity index (χ4v) is 4.12. The number of aryl methyl sites for hydroxylation is 1. The highest BCUT2D eigenvalue weighted by Gasteiger charge is 2.45. The Balaban J connectivity index is 1.74. The maximum absolute atomic E-state index is 13.1. The quantitative estimate of drug-likeness (QED) is 0.759. The molecule has 0 bridgehead atoms. The summed E-state index contributed by atoms with van der Waals surface area (Å²) >= 11 is 12.0. The second-order valence-electron chi connectivity index (χ2n) is 7.09. The van der Waals surface area contributed by atoms with Crippen molar-refractivity contribution in [1.82, 2.24) is 9.88 Å². The number of aromatic amines is 1. The lowest BCUT2D eigenvalue weighted by atomic mass is 9.88. The molecule has 1 aromatic carbocycles. The average molecular weight is 408 g/mol. The molecule has 3 rings (SSSR count). The number of carbonyl (C=O) groups excluding carboxylic acids is 2. The summed E-state index contributed by atoms with van der Waals surface area (Å²) in [6.07, 6.45) is 2.34. The van der Waals surface area contributed by atoms with E-state index < -0.39 is 5.54 Å². The molecule has 1 aliphatic rings.